The van der Waals surface area contributed by atoms with Crippen LogP contribution in [0, 0.1) is 5.92 Å². The van der Waals surface area contributed by atoms with Crippen molar-refractivity contribution in [3.63, 3.8) is 0 Å². The van der Waals surface area contributed by atoms with E-state index in [1.807, 2.05) is 12.1 Å². The summed E-state index contributed by atoms with van der Waals surface area (Å²) in [4.78, 5) is 12.5. The maximum atomic E-state index is 11.8. The molecule has 116 valence electrons. The Morgan fingerprint density at radius 1 is 1.50 bits per heavy atom. The van der Waals surface area contributed by atoms with Gasteiger partial charge >= 0.3 is 13.1 Å². The number of fused-ring (bicyclic) bond motifs is 3. The van der Waals surface area contributed by atoms with Crippen LogP contribution in [-0.4, -0.2) is 41.6 Å². The summed E-state index contributed by atoms with van der Waals surface area (Å²) in [6.07, 6.45) is 0.879. The Bertz CT molecular complexity index is 636. The fourth-order valence-corrected chi connectivity index (χ4v) is 4.57. The van der Waals surface area contributed by atoms with Crippen LogP contribution < -0.4 is 9.97 Å². The molecule has 0 aromatic heterocycles. The lowest BCUT2D eigenvalue weighted by molar-refractivity contribution is 0.0690. The van der Waals surface area contributed by atoms with Gasteiger partial charge in [0.25, 0.3) is 0 Å². The minimum absolute atomic E-state index is 0.132. The van der Waals surface area contributed by atoms with Crippen molar-refractivity contribution in [2.75, 3.05) is 13.1 Å². The third-order valence-electron chi connectivity index (χ3n) is 5.00. The van der Waals surface area contributed by atoms with Crippen LogP contribution in [0.5, 0.6) is 5.75 Å². The van der Waals surface area contributed by atoms with Gasteiger partial charge in [0.2, 0.25) is 0 Å². The first-order valence-corrected chi connectivity index (χ1v) is 8.56. The fourth-order valence-electron chi connectivity index (χ4n) is 3.34. The Balaban J connectivity index is 1.69. The molecule has 3 atom stereocenters. The number of aromatic carboxylic acids is 1. The first kappa shape index (κ1) is 14.4. The Kier molecular flexibility index (Phi) is 3.40. The quantitative estimate of drug-likeness (QED) is 0.580. The Morgan fingerprint density at radius 3 is 2.91 bits per heavy atom. The summed E-state index contributed by atoms with van der Waals surface area (Å²) in [5.41, 5.74) is 1.15. The van der Waals surface area contributed by atoms with Crippen molar-refractivity contribution in [3.8, 4) is 5.75 Å². The fraction of sp³-hybridized carbons (Fsp3) is 0.533. The number of hydrogen-bond donors (Lipinski definition) is 3. The summed E-state index contributed by atoms with van der Waals surface area (Å²) in [7, 11) is -0.871. The first-order chi connectivity index (χ1) is 10.6. The van der Waals surface area contributed by atoms with Crippen LogP contribution in [0.15, 0.2) is 17.0 Å². The average molecular weight is 319 g/mol. The SMILES string of the molecule is C[C@@H](Sc1ccc2c(c1C(=O)O)OB(O)[C@H]1CC21)C1CNC1. The highest BCUT2D eigenvalue weighted by Gasteiger charge is 2.54. The molecule has 0 spiro atoms. The minimum atomic E-state index is -0.982. The Morgan fingerprint density at radius 2 is 2.27 bits per heavy atom. The van der Waals surface area contributed by atoms with Crippen LogP contribution in [0.2, 0.25) is 5.82 Å². The molecule has 3 N–H and O–H groups in total. The van der Waals surface area contributed by atoms with Crippen LogP contribution in [0.3, 0.4) is 0 Å². The van der Waals surface area contributed by atoms with E-state index in [1.165, 1.54) is 0 Å². The monoisotopic (exact) mass is 319 g/mol. The molecule has 7 heteroatoms. The van der Waals surface area contributed by atoms with Gasteiger partial charge in [-0.2, -0.15) is 0 Å². The van der Waals surface area contributed by atoms with Gasteiger partial charge in [0.05, 0.1) is 0 Å². The van der Waals surface area contributed by atoms with Gasteiger partial charge in [0, 0.05) is 29.1 Å². The predicted octanol–water partition coefficient (Wildman–Crippen LogP) is 1.82. The standard InChI is InChI=1S/C15H18BNO4S/c1-7(8-5-17-6-8)22-12-3-2-9-10-4-11(10)16(20)21-14(9)13(12)15(18)19/h2-3,7-8,10-11,17,20H,4-6H2,1H3,(H,18,19)/t7-,10?,11+/m1/s1. The molecule has 0 bridgehead atoms. The number of benzene rings is 1. The highest BCUT2D eigenvalue weighted by molar-refractivity contribution is 8.00. The number of nitrogens with one attached hydrogen (secondary N) is 1. The summed E-state index contributed by atoms with van der Waals surface area (Å²) in [5, 5.41) is 23.2. The van der Waals surface area contributed by atoms with Crippen LogP contribution in [0.25, 0.3) is 0 Å². The molecular weight excluding hydrogens is 301 g/mol. The molecular formula is C15H18BNO4S. The molecule has 2 aliphatic heterocycles. The lowest BCUT2D eigenvalue weighted by atomic mass is 9.77. The smallest absolute Gasteiger partial charge is 0.526 e. The molecule has 1 saturated heterocycles. The van der Waals surface area contributed by atoms with Gasteiger partial charge in [-0.25, -0.2) is 4.79 Å². The van der Waals surface area contributed by atoms with Crippen molar-refractivity contribution < 1.29 is 19.6 Å². The molecule has 4 rings (SSSR count). The summed E-state index contributed by atoms with van der Waals surface area (Å²) in [5.74, 6) is 0.353. The second kappa shape index (κ2) is 5.18. The summed E-state index contributed by atoms with van der Waals surface area (Å²) < 4.78 is 5.55. The molecule has 0 radical (unpaired) electrons. The van der Waals surface area contributed by atoms with E-state index >= 15 is 0 Å². The van der Waals surface area contributed by atoms with Gasteiger partial charge in [-0.3, -0.25) is 0 Å². The first-order valence-electron chi connectivity index (χ1n) is 7.68. The van der Waals surface area contributed by atoms with Crippen molar-refractivity contribution in [2.24, 2.45) is 5.92 Å². The number of hydrogen-bond acceptors (Lipinski definition) is 5. The Labute approximate surface area is 133 Å². The van der Waals surface area contributed by atoms with Crippen molar-refractivity contribution in [1.29, 1.82) is 0 Å². The summed E-state index contributed by atoms with van der Waals surface area (Å²) >= 11 is 1.59. The van der Waals surface area contributed by atoms with Crippen molar-refractivity contribution in [3.05, 3.63) is 23.3 Å². The van der Waals surface area contributed by atoms with Crippen LogP contribution in [-0.2, 0) is 0 Å². The second-order valence-electron chi connectivity index (χ2n) is 6.42. The van der Waals surface area contributed by atoms with E-state index in [2.05, 4.69) is 12.2 Å². The average Bonchev–Trinajstić information content (AvgIpc) is 3.16. The lowest BCUT2D eigenvalue weighted by Crippen LogP contribution is -2.46. The maximum Gasteiger partial charge on any atom is 0.526 e. The topological polar surface area (TPSA) is 78.8 Å². The number of carboxylic acid groups (broad SMARTS) is 1. The van der Waals surface area contributed by atoms with Crippen molar-refractivity contribution >= 4 is 24.8 Å². The zero-order valence-electron chi connectivity index (χ0n) is 12.3. The van der Waals surface area contributed by atoms with Gasteiger partial charge in [0.1, 0.15) is 11.3 Å². The van der Waals surface area contributed by atoms with Crippen molar-refractivity contribution in [2.45, 2.75) is 35.2 Å². The van der Waals surface area contributed by atoms with E-state index in [-0.39, 0.29) is 17.3 Å². The van der Waals surface area contributed by atoms with E-state index in [9.17, 15) is 14.9 Å². The summed E-state index contributed by atoms with van der Waals surface area (Å²) in [6, 6.07) is 3.89. The molecule has 1 unspecified atom stereocenters. The number of carboxylic acids is 1. The maximum absolute atomic E-state index is 11.8. The third kappa shape index (κ3) is 2.23. The van der Waals surface area contributed by atoms with Gasteiger partial charge in [-0.15, -0.1) is 11.8 Å². The van der Waals surface area contributed by atoms with Crippen molar-refractivity contribution in [1.82, 2.24) is 5.32 Å². The highest BCUT2D eigenvalue weighted by Crippen LogP contribution is 2.60. The summed E-state index contributed by atoms with van der Waals surface area (Å²) in [6.45, 7) is 4.11. The van der Waals surface area contributed by atoms with E-state index in [1.54, 1.807) is 11.8 Å². The number of carbonyl (C=O) groups is 1. The zero-order valence-corrected chi connectivity index (χ0v) is 13.1. The van der Waals surface area contributed by atoms with E-state index in [0.717, 1.165) is 30.0 Å². The molecule has 1 aromatic rings. The lowest BCUT2D eigenvalue weighted by Gasteiger charge is -2.32. The predicted molar refractivity (Wildman–Crippen MR) is 84.8 cm³/mol. The van der Waals surface area contributed by atoms with E-state index in [4.69, 9.17) is 4.65 Å². The zero-order chi connectivity index (χ0) is 15.4. The van der Waals surface area contributed by atoms with Gasteiger partial charge in [-0.05, 0) is 29.9 Å². The van der Waals surface area contributed by atoms with E-state index < -0.39 is 13.1 Å². The molecule has 5 nitrogen and oxygen atoms in total. The molecule has 1 aliphatic carbocycles. The molecule has 3 aliphatic rings. The number of thioether (sulfide) groups is 1. The third-order valence-corrected chi connectivity index (χ3v) is 6.35. The molecule has 22 heavy (non-hydrogen) atoms. The Hall–Kier alpha value is -1.18. The molecule has 0 amide bonds. The van der Waals surface area contributed by atoms with Crippen LogP contribution in [0.1, 0.15) is 35.2 Å². The highest BCUT2D eigenvalue weighted by atomic mass is 32.2. The normalized spacial score (nSPS) is 27.3. The van der Waals surface area contributed by atoms with Gasteiger partial charge < -0.3 is 20.1 Å². The van der Waals surface area contributed by atoms with Crippen LogP contribution >= 0.6 is 11.8 Å². The van der Waals surface area contributed by atoms with Gasteiger partial charge in [-0.1, -0.05) is 13.0 Å². The molecule has 2 heterocycles. The molecule has 1 saturated carbocycles. The second-order valence-corrected chi connectivity index (χ2v) is 7.84. The van der Waals surface area contributed by atoms with E-state index in [0.29, 0.717) is 16.9 Å². The number of rotatable bonds is 4. The minimum Gasteiger partial charge on any atom is -0.535 e. The molecule has 1 aromatic carbocycles. The van der Waals surface area contributed by atoms with Crippen LogP contribution in [0.4, 0.5) is 0 Å². The van der Waals surface area contributed by atoms with Gasteiger partial charge in [0.15, 0.2) is 0 Å². The largest absolute Gasteiger partial charge is 0.535 e. The molecule has 2 fully saturated rings.